The molecule has 1 aromatic carbocycles. The summed E-state index contributed by atoms with van der Waals surface area (Å²) in [5.74, 6) is 0.0175. The Hall–Kier alpha value is -1.55. The molecule has 4 nitrogen and oxygen atoms in total. The highest BCUT2D eigenvalue weighted by Crippen LogP contribution is 2.19. The van der Waals surface area contributed by atoms with Gasteiger partial charge in [-0.15, -0.1) is 0 Å². The first-order valence-corrected chi connectivity index (χ1v) is 5.71. The molecule has 0 saturated carbocycles. The molecular weight excluding hydrogens is 214 g/mol. The van der Waals surface area contributed by atoms with Gasteiger partial charge in [-0.1, -0.05) is 0 Å². The third-order valence-electron chi connectivity index (χ3n) is 2.74. The fourth-order valence-corrected chi connectivity index (χ4v) is 1.81. The van der Waals surface area contributed by atoms with Gasteiger partial charge in [0.15, 0.2) is 0 Å². The number of carbonyl (C=O) groups is 1. The molecule has 1 amide bonds. The Morgan fingerprint density at radius 1 is 1.29 bits per heavy atom. The van der Waals surface area contributed by atoms with E-state index in [2.05, 4.69) is 0 Å². The maximum absolute atomic E-state index is 12.0. The second-order valence-corrected chi connectivity index (χ2v) is 4.41. The maximum Gasteiger partial charge on any atom is 0.253 e. The van der Waals surface area contributed by atoms with Crippen molar-refractivity contribution < 1.29 is 4.79 Å². The fraction of sp³-hybridized carbons (Fsp3) is 0.462. The topological polar surface area (TPSA) is 49.6 Å². The molecule has 0 heterocycles. The third-order valence-corrected chi connectivity index (χ3v) is 2.74. The molecule has 2 N–H and O–H groups in total. The van der Waals surface area contributed by atoms with E-state index >= 15 is 0 Å². The first-order chi connectivity index (χ1) is 7.97. The number of hydrogen-bond donors (Lipinski definition) is 1. The van der Waals surface area contributed by atoms with E-state index in [9.17, 15) is 4.79 Å². The van der Waals surface area contributed by atoms with Crippen molar-refractivity contribution in [3.63, 3.8) is 0 Å². The van der Waals surface area contributed by atoms with Crippen molar-refractivity contribution in [1.82, 2.24) is 4.90 Å². The van der Waals surface area contributed by atoms with Gasteiger partial charge in [0.05, 0.1) is 0 Å². The lowest BCUT2D eigenvalue weighted by atomic mass is 10.1. The number of nitrogens with zero attached hydrogens (tertiary/aromatic N) is 2. The molecule has 0 aliphatic carbocycles. The summed E-state index contributed by atoms with van der Waals surface area (Å²) < 4.78 is 0. The molecular formula is C13H21N3O. The standard InChI is InChI=1S/C13H21N3O/c1-10-9-11(5-6-12(10)15(2)3)13(17)16(4)8-7-14/h5-6,9H,7-8,14H2,1-4H3. The highest BCUT2D eigenvalue weighted by molar-refractivity contribution is 5.94. The quantitative estimate of drug-likeness (QED) is 0.850. The molecule has 0 fully saturated rings. The summed E-state index contributed by atoms with van der Waals surface area (Å²) in [6.07, 6.45) is 0. The second-order valence-electron chi connectivity index (χ2n) is 4.41. The molecule has 0 aromatic heterocycles. The average Bonchev–Trinajstić information content (AvgIpc) is 2.27. The van der Waals surface area contributed by atoms with Gasteiger partial charge in [0.25, 0.3) is 5.91 Å². The Morgan fingerprint density at radius 3 is 2.41 bits per heavy atom. The van der Waals surface area contributed by atoms with Crippen molar-refractivity contribution in [2.75, 3.05) is 39.1 Å². The number of nitrogens with two attached hydrogens (primary N) is 1. The van der Waals surface area contributed by atoms with Crippen LogP contribution < -0.4 is 10.6 Å². The minimum atomic E-state index is 0.0175. The molecule has 17 heavy (non-hydrogen) atoms. The number of carbonyl (C=O) groups excluding carboxylic acids is 1. The van der Waals surface area contributed by atoms with Gasteiger partial charge in [-0.2, -0.15) is 0 Å². The van der Waals surface area contributed by atoms with Crippen molar-refractivity contribution in [2.45, 2.75) is 6.92 Å². The number of hydrogen-bond acceptors (Lipinski definition) is 3. The van der Waals surface area contributed by atoms with Gasteiger partial charge in [0.2, 0.25) is 0 Å². The molecule has 1 aromatic rings. The second kappa shape index (κ2) is 5.68. The average molecular weight is 235 g/mol. The molecule has 0 spiro atoms. The van der Waals surface area contributed by atoms with Crippen LogP contribution in [0.4, 0.5) is 5.69 Å². The summed E-state index contributed by atoms with van der Waals surface area (Å²) >= 11 is 0. The summed E-state index contributed by atoms with van der Waals surface area (Å²) in [5, 5.41) is 0. The number of anilines is 1. The van der Waals surface area contributed by atoms with Gasteiger partial charge in [-0.3, -0.25) is 4.79 Å². The minimum absolute atomic E-state index is 0.0175. The van der Waals surface area contributed by atoms with Gasteiger partial charge in [-0.05, 0) is 30.7 Å². The van der Waals surface area contributed by atoms with Gasteiger partial charge < -0.3 is 15.5 Å². The molecule has 0 unspecified atom stereocenters. The van der Waals surface area contributed by atoms with Gasteiger partial charge in [-0.25, -0.2) is 0 Å². The van der Waals surface area contributed by atoms with E-state index in [4.69, 9.17) is 5.73 Å². The number of rotatable bonds is 4. The first kappa shape index (κ1) is 13.5. The summed E-state index contributed by atoms with van der Waals surface area (Å²) in [7, 11) is 5.75. The largest absolute Gasteiger partial charge is 0.377 e. The molecule has 0 saturated heterocycles. The Balaban J connectivity index is 2.93. The van der Waals surface area contributed by atoms with E-state index in [0.717, 1.165) is 11.3 Å². The summed E-state index contributed by atoms with van der Waals surface area (Å²) in [6, 6.07) is 5.75. The van der Waals surface area contributed by atoms with Crippen molar-refractivity contribution >= 4 is 11.6 Å². The molecule has 4 heteroatoms. The number of aryl methyl sites for hydroxylation is 1. The predicted molar refractivity (Wildman–Crippen MR) is 71.5 cm³/mol. The van der Waals surface area contributed by atoms with E-state index in [0.29, 0.717) is 18.7 Å². The molecule has 0 bridgehead atoms. The van der Waals surface area contributed by atoms with Gasteiger partial charge in [0.1, 0.15) is 0 Å². The lowest BCUT2D eigenvalue weighted by molar-refractivity contribution is 0.0799. The zero-order valence-electron chi connectivity index (χ0n) is 11.0. The van der Waals surface area contributed by atoms with Crippen LogP contribution in [-0.2, 0) is 0 Å². The Bertz CT molecular complexity index is 402. The maximum atomic E-state index is 12.0. The molecule has 94 valence electrons. The molecule has 0 aliphatic rings. The highest BCUT2D eigenvalue weighted by atomic mass is 16.2. The van der Waals surface area contributed by atoms with E-state index in [1.165, 1.54) is 0 Å². The Kier molecular flexibility index (Phi) is 4.52. The summed E-state index contributed by atoms with van der Waals surface area (Å²) in [4.78, 5) is 15.7. The van der Waals surface area contributed by atoms with Crippen LogP contribution in [0.3, 0.4) is 0 Å². The monoisotopic (exact) mass is 235 g/mol. The van der Waals surface area contributed by atoms with Crippen LogP contribution >= 0.6 is 0 Å². The van der Waals surface area contributed by atoms with E-state index in [-0.39, 0.29) is 5.91 Å². The number of amides is 1. The third kappa shape index (κ3) is 3.20. The molecule has 0 radical (unpaired) electrons. The summed E-state index contributed by atoms with van der Waals surface area (Å²) in [5.41, 5.74) is 8.38. The SMILES string of the molecule is Cc1cc(C(=O)N(C)CCN)ccc1N(C)C. The molecule has 0 atom stereocenters. The van der Waals surface area contributed by atoms with Crippen LogP contribution in [0.1, 0.15) is 15.9 Å². The van der Waals surface area contributed by atoms with Gasteiger partial charge >= 0.3 is 0 Å². The number of benzene rings is 1. The van der Waals surface area contributed by atoms with Crippen LogP contribution in [-0.4, -0.2) is 45.0 Å². The van der Waals surface area contributed by atoms with Crippen molar-refractivity contribution in [2.24, 2.45) is 5.73 Å². The van der Waals surface area contributed by atoms with Crippen molar-refractivity contribution in [1.29, 1.82) is 0 Å². The van der Waals surface area contributed by atoms with E-state index in [1.807, 2.05) is 44.1 Å². The van der Waals surface area contributed by atoms with Crippen LogP contribution in [0.25, 0.3) is 0 Å². The molecule has 0 aliphatic heterocycles. The smallest absolute Gasteiger partial charge is 0.253 e. The van der Waals surface area contributed by atoms with Crippen molar-refractivity contribution in [3.05, 3.63) is 29.3 Å². The van der Waals surface area contributed by atoms with Crippen LogP contribution in [0.15, 0.2) is 18.2 Å². The zero-order valence-corrected chi connectivity index (χ0v) is 11.0. The minimum Gasteiger partial charge on any atom is -0.377 e. The Labute approximate surface area is 103 Å². The lowest BCUT2D eigenvalue weighted by Gasteiger charge is -2.19. The predicted octanol–water partition coefficient (Wildman–Crippen LogP) is 1.09. The number of likely N-dealkylation sites (N-methyl/N-ethyl adjacent to an activating group) is 1. The Morgan fingerprint density at radius 2 is 1.94 bits per heavy atom. The fourth-order valence-electron chi connectivity index (χ4n) is 1.81. The highest BCUT2D eigenvalue weighted by Gasteiger charge is 2.12. The van der Waals surface area contributed by atoms with E-state index < -0.39 is 0 Å². The zero-order chi connectivity index (χ0) is 13.0. The van der Waals surface area contributed by atoms with Crippen molar-refractivity contribution in [3.8, 4) is 0 Å². The lowest BCUT2D eigenvalue weighted by Crippen LogP contribution is -2.31. The van der Waals surface area contributed by atoms with Gasteiger partial charge in [0, 0.05) is 45.5 Å². The summed E-state index contributed by atoms with van der Waals surface area (Å²) in [6.45, 7) is 3.07. The van der Waals surface area contributed by atoms with Crippen LogP contribution in [0.2, 0.25) is 0 Å². The molecule has 1 rings (SSSR count). The normalized spacial score (nSPS) is 10.2. The van der Waals surface area contributed by atoms with Crippen LogP contribution in [0.5, 0.6) is 0 Å². The first-order valence-electron chi connectivity index (χ1n) is 5.71. The van der Waals surface area contributed by atoms with E-state index in [1.54, 1.807) is 11.9 Å². The van der Waals surface area contributed by atoms with Crippen LogP contribution in [0, 0.1) is 6.92 Å².